The molecule has 0 aliphatic rings. The van der Waals surface area contributed by atoms with Crippen molar-refractivity contribution in [2.45, 2.75) is 38.6 Å². The molecule has 5 heteroatoms. The van der Waals surface area contributed by atoms with Crippen molar-refractivity contribution in [3.63, 3.8) is 0 Å². The van der Waals surface area contributed by atoms with E-state index in [0.717, 1.165) is 18.6 Å². The molecule has 0 radical (unpaired) electrons. The average molecular weight is 229 g/mol. The molecule has 0 saturated carbocycles. The van der Waals surface area contributed by atoms with Gasteiger partial charge >= 0.3 is 0 Å². The molecule has 0 fully saturated rings. The lowest BCUT2D eigenvalue weighted by Crippen LogP contribution is -2.12. The van der Waals surface area contributed by atoms with Gasteiger partial charge in [0.2, 0.25) is 5.89 Å². The summed E-state index contributed by atoms with van der Waals surface area (Å²) in [6.45, 7) is 4.05. The summed E-state index contributed by atoms with van der Waals surface area (Å²) in [6, 6.07) is -0.0894. The summed E-state index contributed by atoms with van der Waals surface area (Å²) >= 11 is 1.83. The van der Waals surface area contributed by atoms with Crippen LogP contribution < -0.4 is 5.73 Å². The van der Waals surface area contributed by atoms with Crippen molar-refractivity contribution in [3.8, 4) is 0 Å². The lowest BCUT2D eigenvalue weighted by Gasteiger charge is -2.05. The van der Waals surface area contributed by atoms with E-state index in [9.17, 15) is 0 Å². The SMILES string of the molecule is CSCCCC(N)c1noc(C(C)C)n1. The summed E-state index contributed by atoms with van der Waals surface area (Å²) in [5.74, 6) is 2.71. The second-order valence-corrected chi connectivity index (χ2v) is 4.87. The quantitative estimate of drug-likeness (QED) is 0.758. The first-order valence-corrected chi connectivity index (χ1v) is 6.62. The Kier molecular flexibility index (Phi) is 5.11. The van der Waals surface area contributed by atoms with Gasteiger partial charge in [0, 0.05) is 5.92 Å². The maximum atomic E-state index is 5.95. The Morgan fingerprint density at radius 1 is 1.47 bits per heavy atom. The average Bonchev–Trinajstić information content (AvgIpc) is 2.66. The van der Waals surface area contributed by atoms with Gasteiger partial charge in [-0.2, -0.15) is 16.7 Å². The van der Waals surface area contributed by atoms with Crippen LogP contribution in [0.15, 0.2) is 4.52 Å². The largest absolute Gasteiger partial charge is 0.339 e. The van der Waals surface area contributed by atoms with E-state index < -0.39 is 0 Å². The summed E-state index contributed by atoms with van der Waals surface area (Å²) < 4.78 is 5.11. The predicted molar refractivity (Wildman–Crippen MR) is 62.9 cm³/mol. The van der Waals surface area contributed by atoms with E-state index in [2.05, 4.69) is 16.4 Å². The molecule has 0 spiro atoms. The first-order valence-electron chi connectivity index (χ1n) is 5.23. The van der Waals surface area contributed by atoms with Crippen LogP contribution in [0.2, 0.25) is 0 Å². The fraction of sp³-hybridized carbons (Fsp3) is 0.800. The Labute approximate surface area is 95.0 Å². The molecule has 1 rings (SSSR count). The molecule has 4 nitrogen and oxygen atoms in total. The Balaban J connectivity index is 2.47. The van der Waals surface area contributed by atoms with Crippen LogP contribution in [0.1, 0.15) is 50.4 Å². The van der Waals surface area contributed by atoms with Crippen LogP contribution in [0, 0.1) is 0 Å². The third-order valence-electron chi connectivity index (χ3n) is 2.15. The number of hydrogen-bond acceptors (Lipinski definition) is 5. The molecule has 0 aliphatic heterocycles. The van der Waals surface area contributed by atoms with Gasteiger partial charge in [-0.15, -0.1) is 0 Å². The normalized spacial score (nSPS) is 13.4. The smallest absolute Gasteiger partial charge is 0.229 e. The number of nitrogens with two attached hydrogens (primary N) is 1. The topological polar surface area (TPSA) is 64.9 Å². The summed E-state index contributed by atoms with van der Waals surface area (Å²) in [6.07, 6.45) is 4.10. The van der Waals surface area contributed by atoms with Gasteiger partial charge in [-0.3, -0.25) is 0 Å². The molecule has 15 heavy (non-hydrogen) atoms. The van der Waals surface area contributed by atoms with Crippen LogP contribution in [0.25, 0.3) is 0 Å². The van der Waals surface area contributed by atoms with Gasteiger partial charge in [-0.1, -0.05) is 19.0 Å². The van der Waals surface area contributed by atoms with E-state index in [1.165, 1.54) is 0 Å². The Morgan fingerprint density at radius 3 is 2.73 bits per heavy atom. The van der Waals surface area contributed by atoms with Gasteiger partial charge in [0.1, 0.15) is 0 Å². The Bertz CT molecular complexity index is 288. The van der Waals surface area contributed by atoms with Crippen molar-refractivity contribution in [2.75, 3.05) is 12.0 Å². The lowest BCUT2D eigenvalue weighted by molar-refractivity contribution is 0.357. The van der Waals surface area contributed by atoms with Crippen LogP contribution in [0.4, 0.5) is 0 Å². The first kappa shape index (κ1) is 12.5. The molecule has 86 valence electrons. The van der Waals surface area contributed by atoms with Crippen molar-refractivity contribution in [1.82, 2.24) is 10.1 Å². The zero-order valence-electron chi connectivity index (χ0n) is 9.56. The highest BCUT2D eigenvalue weighted by atomic mass is 32.2. The molecule has 1 aromatic heterocycles. The van der Waals surface area contributed by atoms with Gasteiger partial charge in [0.15, 0.2) is 5.82 Å². The molecule has 2 N–H and O–H groups in total. The summed E-state index contributed by atoms with van der Waals surface area (Å²) in [4.78, 5) is 4.28. The van der Waals surface area contributed by atoms with E-state index >= 15 is 0 Å². The Morgan fingerprint density at radius 2 is 2.20 bits per heavy atom. The van der Waals surface area contributed by atoms with E-state index in [4.69, 9.17) is 10.3 Å². The van der Waals surface area contributed by atoms with E-state index in [0.29, 0.717) is 11.7 Å². The van der Waals surface area contributed by atoms with Crippen LogP contribution in [-0.4, -0.2) is 22.1 Å². The van der Waals surface area contributed by atoms with Crippen molar-refractivity contribution in [3.05, 3.63) is 11.7 Å². The highest BCUT2D eigenvalue weighted by Crippen LogP contribution is 2.17. The first-order chi connectivity index (χ1) is 7.15. The minimum Gasteiger partial charge on any atom is -0.339 e. The molecule has 1 unspecified atom stereocenters. The molecule has 1 aromatic rings. The number of hydrogen-bond donors (Lipinski definition) is 1. The van der Waals surface area contributed by atoms with Gasteiger partial charge in [0.25, 0.3) is 0 Å². The molecular weight excluding hydrogens is 210 g/mol. The number of thioether (sulfide) groups is 1. The predicted octanol–water partition coefficient (Wildman–Crippen LogP) is 2.34. The van der Waals surface area contributed by atoms with Crippen molar-refractivity contribution in [1.29, 1.82) is 0 Å². The minimum absolute atomic E-state index is 0.0894. The van der Waals surface area contributed by atoms with Crippen molar-refractivity contribution < 1.29 is 4.52 Å². The van der Waals surface area contributed by atoms with Crippen LogP contribution in [-0.2, 0) is 0 Å². The highest BCUT2D eigenvalue weighted by Gasteiger charge is 2.15. The van der Waals surface area contributed by atoms with Gasteiger partial charge in [-0.05, 0) is 24.9 Å². The summed E-state index contributed by atoms with van der Waals surface area (Å²) in [5, 5.41) is 3.90. The molecule has 0 saturated heterocycles. The number of rotatable bonds is 6. The monoisotopic (exact) mass is 229 g/mol. The summed E-state index contributed by atoms with van der Waals surface area (Å²) in [7, 11) is 0. The molecule has 0 bridgehead atoms. The zero-order chi connectivity index (χ0) is 11.3. The third kappa shape index (κ3) is 3.83. The van der Waals surface area contributed by atoms with Crippen molar-refractivity contribution >= 4 is 11.8 Å². The third-order valence-corrected chi connectivity index (χ3v) is 2.84. The maximum Gasteiger partial charge on any atom is 0.229 e. The fourth-order valence-corrected chi connectivity index (χ4v) is 1.66. The lowest BCUT2D eigenvalue weighted by atomic mass is 10.1. The number of nitrogens with zero attached hydrogens (tertiary/aromatic N) is 2. The van der Waals surface area contributed by atoms with Crippen LogP contribution in [0.5, 0.6) is 0 Å². The van der Waals surface area contributed by atoms with Crippen LogP contribution in [0.3, 0.4) is 0 Å². The molecule has 0 aromatic carbocycles. The standard InChI is InChI=1S/C10H19N3OS/c1-7(2)10-12-9(13-14-10)8(11)5-4-6-15-3/h7-8H,4-6,11H2,1-3H3. The van der Waals surface area contributed by atoms with Crippen molar-refractivity contribution in [2.24, 2.45) is 5.73 Å². The second kappa shape index (κ2) is 6.12. The molecule has 1 atom stereocenters. The fourth-order valence-electron chi connectivity index (χ4n) is 1.21. The van der Waals surface area contributed by atoms with Gasteiger partial charge in [0.05, 0.1) is 6.04 Å². The highest BCUT2D eigenvalue weighted by molar-refractivity contribution is 7.98. The second-order valence-electron chi connectivity index (χ2n) is 3.89. The zero-order valence-corrected chi connectivity index (χ0v) is 10.4. The van der Waals surface area contributed by atoms with Gasteiger partial charge < -0.3 is 10.3 Å². The maximum absolute atomic E-state index is 5.95. The summed E-state index contributed by atoms with van der Waals surface area (Å²) in [5.41, 5.74) is 5.95. The van der Waals surface area contributed by atoms with E-state index in [1.54, 1.807) is 0 Å². The van der Waals surface area contributed by atoms with Crippen LogP contribution >= 0.6 is 11.8 Å². The molecule has 0 amide bonds. The van der Waals surface area contributed by atoms with E-state index in [1.807, 2.05) is 25.6 Å². The minimum atomic E-state index is -0.0894. The van der Waals surface area contributed by atoms with E-state index in [-0.39, 0.29) is 12.0 Å². The molecular formula is C10H19N3OS. The number of aromatic nitrogens is 2. The van der Waals surface area contributed by atoms with Gasteiger partial charge in [-0.25, -0.2) is 0 Å². The molecule has 1 heterocycles. The Hall–Kier alpha value is -0.550. The molecule has 0 aliphatic carbocycles.